The van der Waals surface area contributed by atoms with E-state index in [-0.39, 0.29) is 23.8 Å². The molecule has 0 saturated carbocycles. The molecule has 0 N–H and O–H groups in total. The minimum Gasteiger partial charge on any atom is -0.444 e. The molecule has 23 heavy (non-hydrogen) atoms. The van der Waals surface area contributed by atoms with Crippen LogP contribution in [0.4, 0.5) is 4.79 Å². The second-order valence-electron chi connectivity index (χ2n) is 7.55. The van der Waals surface area contributed by atoms with Gasteiger partial charge < -0.3 is 9.64 Å². The van der Waals surface area contributed by atoms with Crippen molar-refractivity contribution < 1.29 is 14.3 Å². The van der Waals surface area contributed by atoms with Crippen molar-refractivity contribution in [1.82, 2.24) is 4.90 Å². The fraction of sp³-hybridized carbons (Fsp3) is 0.579. The molecule has 4 nitrogen and oxygen atoms in total. The van der Waals surface area contributed by atoms with Crippen molar-refractivity contribution in [3.63, 3.8) is 0 Å². The van der Waals surface area contributed by atoms with E-state index in [1.54, 1.807) is 4.90 Å². The molecule has 1 aromatic carbocycles. The molecule has 4 heteroatoms. The van der Waals surface area contributed by atoms with Crippen LogP contribution in [0.2, 0.25) is 0 Å². The Balaban J connectivity index is 1.79. The third kappa shape index (κ3) is 3.26. The third-order valence-corrected chi connectivity index (χ3v) is 4.74. The zero-order chi connectivity index (χ0) is 16.6. The highest BCUT2D eigenvalue weighted by Crippen LogP contribution is 2.34. The van der Waals surface area contributed by atoms with Crippen molar-refractivity contribution in [3.8, 4) is 0 Å². The van der Waals surface area contributed by atoms with E-state index < -0.39 is 5.60 Å². The molecule has 2 atom stereocenters. The Bertz CT molecular complexity index is 617. The molecule has 1 aliphatic carbocycles. The van der Waals surface area contributed by atoms with E-state index in [1.807, 2.05) is 45.0 Å². The zero-order valence-corrected chi connectivity index (χ0v) is 14.2. The van der Waals surface area contributed by atoms with Gasteiger partial charge in [0, 0.05) is 24.1 Å². The summed E-state index contributed by atoms with van der Waals surface area (Å²) in [5.74, 6) is 0.0900. The van der Waals surface area contributed by atoms with Gasteiger partial charge in [-0.3, -0.25) is 4.79 Å². The molecule has 3 rings (SSSR count). The van der Waals surface area contributed by atoms with Crippen molar-refractivity contribution in [1.29, 1.82) is 0 Å². The average molecular weight is 315 g/mol. The van der Waals surface area contributed by atoms with Gasteiger partial charge in [0.15, 0.2) is 5.78 Å². The van der Waals surface area contributed by atoms with Crippen LogP contribution in [0.25, 0.3) is 0 Å². The van der Waals surface area contributed by atoms with E-state index >= 15 is 0 Å². The number of carbonyl (C=O) groups excluding carboxylic acids is 2. The highest BCUT2D eigenvalue weighted by Gasteiger charge is 2.41. The van der Waals surface area contributed by atoms with Gasteiger partial charge in [-0.25, -0.2) is 4.79 Å². The minimum atomic E-state index is -0.507. The molecule has 124 valence electrons. The van der Waals surface area contributed by atoms with E-state index in [4.69, 9.17) is 4.74 Å². The van der Waals surface area contributed by atoms with Crippen molar-refractivity contribution in [3.05, 3.63) is 35.4 Å². The van der Waals surface area contributed by atoms with Crippen LogP contribution in [-0.2, 0) is 11.2 Å². The van der Waals surface area contributed by atoms with E-state index in [9.17, 15) is 9.59 Å². The summed E-state index contributed by atoms with van der Waals surface area (Å²) in [6, 6.07) is 7.82. The van der Waals surface area contributed by atoms with Crippen LogP contribution < -0.4 is 0 Å². The van der Waals surface area contributed by atoms with Gasteiger partial charge in [-0.15, -0.1) is 0 Å². The highest BCUT2D eigenvalue weighted by molar-refractivity contribution is 6.00. The highest BCUT2D eigenvalue weighted by atomic mass is 16.6. The number of rotatable bonds is 1. The number of amides is 1. The smallest absolute Gasteiger partial charge is 0.410 e. The number of hydrogen-bond acceptors (Lipinski definition) is 3. The lowest BCUT2D eigenvalue weighted by Crippen LogP contribution is -2.46. The molecule has 1 amide bonds. The Morgan fingerprint density at radius 1 is 1.22 bits per heavy atom. The predicted molar refractivity (Wildman–Crippen MR) is 88.5 cm³/mol. The molecule has 1 aromatic rings. The summed E-state index contributed by atoms with van der Waals surface area (Å²) in [6.07, 6.45) is 3.27. The summed E-state index contributed by atoms with van der Waals surface area (Å²) in [7, 11) is 0. The van der Waals surface area contributed by atoms with E-state index in [0.717, 1.165) is 36.8 Å². The first kappa shape index (κ1) is 16.0. The number of Topliss-reactive ketones (excluding diaryl/α,β-unsaturated/α-hetero) is 1. The first-order valence-corrected chi connectivity index (χ1v) is 8.48. The number of nitrogens with zero attached hydrogens (tertiary/aromatic N) is 1. The van der Waals surface area contributed by atoms with E-state index in [0.29, 0.717) is 6.54 Å². The van der Waals surface area contributed by atoms with Gasteiger partial charge in [0.2, 0.25) is 0 Å². The molecular weight excluding hydrogens is 290 g/mol. The summed E-state index contributed by atoms with van der Waals surface area (Å²) >= 11 is 0. The van der Waals surface area contributed by atoms with Crippen molar-refractivity contribution >= 4 is 11.9 Å². The van der Waals surface area contributed by atoms with Gasteiger partial charge in [-0.05, 0) is 52.0 Å². The maximum absolute atomic E-state index is 12.9. The van der Waals surface area contributed by atoms with Crippen LogP contribution in [0.15, 0.2) is 24.3 Å². The van der Waals surface area contributed by atoms with Crippen molar-refractivity contribution in [2.24, 2.45) is 5.92 Å². The summed E-state index contributed by atoms with van der Waals surface area (Å²) in [5.41, 5.74) is 1.46. The number of carbonyl (C=O) groups is 2. The fourth-order valence-electron chi connectivity index (χ4n) is 3.75. The molecule has 0 spiro atoms. The Morgan fingerprint density at radius 2 is 1.96 bits per heavy atom. The van der Waals surface area contributed by atoms with Crippen LogP contribution in [-0.4, -0.2) is 35.0 Å². The lowest BCUT2D eigenvalue weighted by atomic mass is 9.78. The molecule has 0 aromatic heterocycles. The number of likely N-dealkylation sites (tertiary alicyclic amines) is 1. The van der Waals surface area contributed by atoms with Crippen molar-refractivity contribution in [2.45, 2.75) is 58.1 Å². The lowest BCUT2D eigenvalue weighted by Gasteiger charge is -2.34. The number of aryl methyl sites for hydroxylation is 1. The quantitative estimate of drug-likeness (QED) is 0.791. The first-order valence-electron chi connectivity index (χ1n) is 8.48. The fourth-order valence-corrected chi connectivity index (χ4v) is 3.75. The lowest BCUT2D eigenvalue weighted by molar-refractivity contribution is 0.0175. The molecule has 0 unspecified atom stereocenters. The molecule has 1 fully saturated rings. The second-order valence-corrected chi connectivity index (χ2v) is 7.55. The van der Waals surface area contributed by atoms with Crippen LogP contribution >= 0.6 is 0 Å². The zero-order valence-electron chi connectivity index (χ0n) is 14.2. The summed E-state index contributed by atoms with van der Waals surface area (Å²) in [6.45, 7) is 6.30. The molecule has 1 saturated heterocycles. The van der Waals surface area contributed by atoms with Crippen molar-refractivity contribution in [2.75, 3.05) is 6.54 Å². The largest absolute Gasteiger partial charge is 0.444 e. The Hall–Kier alpha value is -1.84. The van der Waals surface area contributed by atoms with E-state index in [2.05, 4.69) is 0 Å². The van der Waals surface area contributed by atoms with E-state index in [1.165, 1.54) is 0 Å². The molecule has 0 radical (unpaired) electrons. The van der Waals surface area contributed by atoms with Crippen LogP contribution in [0, 0.1) is 5.92 Å². The Morgan fingerprint density at radius 3 is 2.70 bits per heavy atom. The topological polar surface area (TPSA) is 46.6 Å². The average Bonchev–Trinajstić information content (AvgIpc) is 2.95. The second kappa shape index (κ2) is 5.99. The van der Waals surface area contributed by atoms with Gasteiger partial charge in [0.05, 0.1) is 0 Å². The van der Waals surface area contributed by atoms with Gasteiger partial charge >= 0.3 is 6.09 Å². The normalized spacial score (nSPS) is 24.5. The molecule has 1 heterocycles. The first-order chi connectivity index (χ1) is 10.9. The van der Waals surface area contributed by atoms with Gasteiger partial charge in [-0.2, -0.15) is 0 Å². The maximum atomic E-state index is 12.9. The Kier molecular flexibility index (Phi) is 4.17. The van der Waals surface area contributed by atoms with Crippen LogP contribution in [0.5, 0.6) is 0 Å². The maximum Gasteiger partial charge on any atom is 0.410 e. The third-order valence-electron chi connectivity index (χ3n) is 4.74. The monoisotopic (exact) mass is 315 g/mol. The molecule has 0 bridgehead atoms. The standard InChI is InChI=1S/C19H25NO3/c1-19(2,3)23-18(22)20-12-6-9-16(20)15-11-10-13-7-4-5-8-14(13)17(15)21/h4-5,7-8,15-16H,6,9-12H2,1-3H3/t15-,16+/m1/s1. The number of ketones is 1. The number of benzene rings is 1. The summed E-state index contributed by atoms with van der Waals surface area (Å²) < 4.78 is 5.52. The van der Waals surface area contributed by atoms with Crippen LogP contribution in [0.3, 0.4) is 0 Å². The molecule has 1 aliphatic heterocycles. The summed E-state index contributed by atoms with van der Waals surface area (Å²) in [4.78, 5) is 27.1. The number of fused-ring (bicyclic) bond motifs is 1. The van der Waals surface area contributed by atoms with Gasteiger partial charge in [-0.1, -0.05) is 24.3 Å². The van der Waals surface area contributed by atoms with Crippen LogP contribution in [0.1, 0.15) is 56.0 Å². The minimum absolute atomic E-state index is 0.0225. The van der Waals surface area contributed by atoms with Gasteiger partial charge in [0.1, 0.15) is 5.60 Å². The Labute approximate surface area is 137 Å². The number of hydrogen-bond donors (Lipinski definition) is 0. The summed E-state index contributed by atoms with van der Waals surface area (Å²) in [5, 5.41) is 0. The number of ether oxygens (including phenoxy) is 1. The SMILES string of the molecule is CC(C)(C)OC(=O)N1CCC[C@H]1[C@H]1CCc2ccccc2C1=O. The predicted octanol–water partition coefficient (Wildman–Crippen LogP) is 3.83. The van der Waals surface area contributed by atoms with Gasteiger partial charge in [0.25, 0.3) is 0 Å². The molecular formula is C19H25NO3. The molecule has 2 aliphatic rings.